The van der Waals surface area contributed by atoms with Crippen molar-refractivity contribution in [2.24, 2.45) is 0 Å². The molecule has 69 valence electrons. The van der Waals surface area contributed by atoms with E-state index in [0.717, 1.165) is 0 Å². The van der Waals surface area contributed by atoms with Crippen LogP contribution in [0.5, 0.6) is 0 Å². The lowest BCUT2D eigenvalue weighted by Crippen LogP contribution is -2.14. The molecule has 2 N–H and O–H groups in total. The van der Waals surface area contributed by atoms with Gasteiger partial charge in [0.25, 0.3) is 0 Å². The first-order chi connectivity index (χ1) is 5.95. The summed E-state index contributed by atoms with van der Waals surface area (Å²) in [6.07, 6.45) is 0. The lowest BCUT2D eigenvalue weighted by Gasteiger charge is -2.11. The van der Waals surface area contributed by atoms with Crippen molar-refractivity contribution >= 4 is 20.5 Å². The minimum Gasteiger partial charge on any atom is -0.480 e. The molecular weight excluding hydrogens is 191 g/mol. The molecule has 1 rings (SSSR count). The van der Waals surface area contributed by atoms with Crippen LogP contribution in [0.2, 0.25) is 0 Å². The molecule has 4 nitrogen and oxygen atoms in total. The van der Waals surface area contributed by atoms with Crippen LogP contribution < -0.4 is 0 Å². The lowest BCUT2D eigenvalue weighted by molar-refractivity contribution is -0.134. The topological polar surface area (TPSA) is 74.6 Å². The zero-order valence-corrected chi connectivity index (χ0v) is 8.05. The fraction of sp³-hybridized carbons (Fsp3) is 0.250. The van der Waals surface area contributed by atoms with Gasteiger partial charge in [0.15, 0.2) is 0 Å². The molecule has 0 unspecified atom stereocenters. The first kappa shape index (κ1) is 10.5. The van der Waals surface area contributed by atoms with Gasteiger partial charge in [0.1, 0.15) is 11.3 Å². The standard InChI is InChI=1S/C8H8O4P/c1-3-4(2)6(8(11)12)13-5(3)7(9)10/h1-2H3,(H,9,10)(H,11,12). The third kappa shape index (κ3) is 1.83. The van der Waals surface area contributed by atoms with Crippen molar-refractivity contribution in [3.63, 3.8) is 0 Å². The van der Waals surface area contributed by atoms with Gasteiger partial charge >= 0.3 is 11.9 Å². The van der Waals surface area contributed by atoms with E-state index in [0.29, 0.717) is 11.8 Å². The SMILES string of the molecule is C[C]1[C](C)[C](C(=O)O)[P][C]1C(=O)O. The number of carboxylic acids is 2. The van der Waals surface area contributed by atoms with E-state index in [4.69, 9.17) is 10.2 Å². The predicted molar refractivity (Wildman–Crippen MR) is 46.5 cm³/mol. The molecule has 0 aromatic heterocycles. The zero-order chi connectivity index (χ0) is 10.2. The van der Waals surface area contributed by atoms with Crippen LogP contribution in [0.1, 0.15) is 13.8 Å². The number of aliphatic carboxylic acids is 2. The average molecular weight is 199 g/mol. The van der Waals surface area contributed by atoms with Crippen LogP contribution in [0.3, 0.4) is 0 Å². The quantitative estimate of drug-likeness (QED) is 0.658. The maximum atomic E-state index is 10.6. The molecule has 13 heavy (non-hydrogen) atoms. The van der Waals surface area contributed by atoms with Gasteiger partial charge in [-0.15, -0.1) is 0 Å². The molecule has 0 saturated carbocycles. The number of rotatable bonds is 2. The molecule has 1 aliphatic rings. The number of hydrogen-bond donors (Lipinski definition) is 2. The van der Waals surface area contributed by atoms with Gasteiger partial charge in [0.05, 0.1) is 0 Å². The Hall–Kier alpha value is -0.630. The first-order valence-electron chi connectivity index (χ1n) is 3.55. The normalized spacial score (nSPS) is 22.3. The molecule has 1 aliphatic heterocycles. The van der Waals surface area contributed by atoms with Gasteiger partial charge in [0.2, 0.25) is 0 Å². The van der Waals surface area contributed by atoms with Gasteiger partial charge in [-0.3, -0.25) is 9.59 Å². The summed E-state index contributed by atoms with van der Waals surface area (Å²) in [4.78, 5) is 21.3. The summed E-state index contributed by atoms with van der Waals surface area (Å²) in [6.45, 7) is 3.25. The number of carbonyl (C=O) groups is 2. The molecule has 0 spiro atoms. The van der Waals surface area contributed by atoms with Gasteiger partial charge in [-0.1, -0.05) is 13.8 Å². The Bertz CT molecular complexity index is 216. The third-order valence-electron chi connectivity index (χ3n) is 1.90. The Kier molecular flexibility index (Phi) is 2.91. The van der Waals surface area contributed by atoms with Crippen molar-refractivity contribution in [3.8, 4) is 0 Å². The molecule has 5 heteroatoms. The monoisotopic (exact) mass is 199 g/mol. The van der Waals surface area contributed by atoms with E-state index in [-0.39, 0.29) is 19.9 Å². The minimum atomic E-state index is -1.05. The number of hydrogen-bond acceptors (Lipinski definition) is 2. The van der Waals surface area contributed by atoms with E-state index in [1.54, 1.807) is 13.8 Å². The highest BCUT2D eigenvalue weighted by Crippen LogP contribution is 2.59. The molecular formula is C8H8O4P. The summed E-state index contributed by atoms with van der Waals surface area (Å²) in [5.74, 6) is -0.970. The highest BCUT2D eigenvalue weighted by Gasteiger charge is 2.47. The van der Waals surface area contributed by atoms with Crippen LogP contribution in [-0.2, 0) is 9.59 Å². The highest BCUT2D eigenvalue weighted by molar-refractivity contribution is 7.50. The van der Waals surface area contributed by atoms with Crippen molar-refractivity contribution in [1.29, 1.82) is 0 Å². The van der Waals surface area contributed by atoms with E-state index >= 15 is 0 Å². The Morgan fingerprint density at radius 2 is 1.31 bits per heavy atom. The van der Waals surface area contributed by atoms with Gasteiger partial charge in [-0.2, -0.15) is 0 Å². The van der Waals surface area contributed by atoms with E-state index in [1.807, 2.05) is 0 Å². The summed E-state index contributed by atoms with van der Waals surface area (Å²) in [5, 5.41) is 17.4. The first-order valence-corrected chi connectivity index (χ1v) is 4.45. The molecule has 0 amide bonds. The lowest BCUT2D eigenvalue weighted by atomic mass is 9.90. The van der Waals surface area contributed by atoms with Gasteiger partial charge in [0, 0.05) is 11.8 Å². The van der Waals surface area contributed by atoms with Crippen molar-refractivity contribution in [2.45, 2.75) is 13.8 Å². The highest BCUT2D eigenvalue weighted by atomic mass is 31.1. The largest absolute Gasteiger partial charge is 0.480 e. The Morgan fingerprint density at radius 3 is 1.46 bits per heavy atom. The fourth-order valence-electron chi connectivity index (χ4n) is 1.05. The van der Waals surface area contributed by atoms with Crippen LogP contribution in [0.25, 0.3) is 0 Å². The summed E-state index contributed by atoms with van der Waals surface area (Å²) in [7, 11) is 0.288. The molecule has 1 heterocycles. The second-order valence-electron chi connectivity index (χ2n) is 2.67. The molecule has 1 fully saturated rings. The molecule has 0 aliphatic carbocycles. The second kappa shape index (κ2) is 3.62. The van der Waals surface area contributed by atoms with Crippen molar-refractivity contribution in [2.75, 3.05) is 0 Å². The van der Waals surface area contributed by atoms with Crippen molar-refractivity contribution in [1.82, 2.24) is 0 Å². The summed E-state index contributed by atoms with van der Waals surface area (Å²) in [6, 6.07) is 0. The number of carboxylic acid groups (broad SMARTS) is 2. The van der Waals surface area contributed by atoms with Crippen LogP contribution >= 0.6 is 8.58 Å². The van der Waals surface area contributed by atoms with Crippen molar-refractivity contribution in [3.05, 3.63) is 23.2 Å². The molecule has 0 aromatic carbocycles. The van der Waals surface area contributed by atoms with Crippen LogP contribution in [0.15, 0.2) is 0 Å². The predicted octanol–water partition coefficient (Wildman–Crippen LogP) is 1.37. The van der Waals surface area contributed by atoms with E-state index in [9.17, 15) is 9.59 Å². The van der Waals surface area contributed by atoms with E-state index in [1.165, 1.54) is 0 Å². The molecule has 0 atom stereocenters. The Labute approximate surface area is 78.1 Å². The third-order valence-corrected chi connectivity index (χ3v) is 3.40. The minimum absolute atomic E-state index is 0.162. The maximum absolute atomic E-state index is 10.6. The summed E-state index contributed by atoms with van der Waals surface area (Å²) >= 11 is 0. The second-order valence-corrected chi connectivity index (χ2v) is 3.79. The van der Waals surface area contributed by atoms with E-state index in [2.05, 4.69) is 0 Å². The van der Waals surface area contributed by atoms with E-state index < -0.39 is 11.9 Å². The fourth-order valence-corrected chi connectivity index (χ4v) is 2.14. The molecule has 0 aromatic rings. The summed E-state index contributed by atoms with van der Waals surface area (Å²) in [5.41, 5.74) is 0.324. The zero-order valence-electron chi connectivity index (χ0n) is 7.16. The molecule has 5 radical (unpaired) electrons. The van der Waals surface area contributed by atoms with Crippen LogP contribution in [0, 0.1) is 23.2 Å². The van der Waals surface area contributed by atoms with Crippen LogP contribution in [0.4, 0.5) is 0 Å². The average Bonchev–Trinajstić information content (AvgIpc) is 2.29. The smallest absolute Gasteiger partial charge is 0.316 e. The Morgan fingerprint density at radius 1 is 1.00 bits per heavy atom. The summed E-state index contributed by atoms with van der Waals surface area (Å²) < 4.78 is 0. The van der Waals surface area contributed by atoms with Gasteiger partial charge in [-0.25, -0.2) is 0 Å². The Balaban J connectivity index is 2.78. The van der Waals surface area contributed by atoms with Gasteiger partial charge < -0.3 is 10.2 Å². The molecule has 0 bridgehead atoms. The maximum Gasteiger partial charge on any atom is 0.316 e. The molecule has 1 saturated heterocycles. The van der Waals surface area contributed by atoms with Crippen molar-refractivity contribution < 1.29 is 19.8 Å². The van der Waals surface area contributed by atoms with Crippen LogP contribution in [-0.4, -0.2) is 22.2 Å². The van der Waals surface area contributed by atoms with Gasteiger partial charge in [-0.05, 0) is 8.58 Å².